The molecule has 0 unspecified atom stereocenters. The Bertz CT molecular complexity index is 639. The number of imidazole rings is 1. The molecule has 0 saturated carbocycles. The van der Waals surface area contributed by atoms with Crippen molar-refractivity contribution in [2.45, 2.75) is 12.7 Å². The van der Waals surface area contributed by atoms with Gasteiger partial charge in [0.1, 0.15) is 11.9 Å². The van der Waals surface area contributed by atoms with Crippen LogP contribution in [0.5, 0.6) is 0 Å². The number of rotatable bonds is 9. The molecule has 0 spiro atoms. The quantitative estimate of drug-likeness (QED) is 0.201. The third-order valence-corrected chi connectivity index (χ3v) is 3.81. The summed E-state index contributed by atoms with van der Waals surface area (Å²) in [5, 5.41) is 14.9. The molecule has 0 amide bonds. The summed E-state index contributed by atoms with van der Waals surface area (Å²) in [6, 6.07) is 1.82. The molecule has 0 bridgehead atoms. The number of nitriles is 1. The summed E-state index contributed by atoms with van der Waals surface area (Å²) in [4.78, 5) is 18.8. The number of ether oxygens (including phenoxy) is 1. The summed E-state index contributed by atoms with van der Waals surface area (Å²) in [5.41, 5.74) is 1.94. The Balaban J connectivity index is 2.53. The third kappa shape index (κ3) is 5.97. The third-order valence-electron chi connectivity index (χ3n) is 2.84. The van der Waals surface area contributed by atoms with E-state index in [0.29, 0.717) is 6.54 Å². The predicted octanol–water partition coefficient (Wildman–Crippen LogP) is 0.672. The van der Waals surface area contributed by atoms with Crippen molar-refractivity contribution in [2.75, 3.05) is 26.0 Å². The molecule has 8 heteroatoms. The smallest absolute Gasteiger partial charge is 0.352 e. The van der Waals surface area contributed by atoms with Gasteiger partial charge in [-0.25, -0.2) is 9.78 Å². The van der Waals surface area contributed by atoms with Crippen LogP contribution >= 0.6 is 11.8 Å². The molecule has 1 heterocycles. The van der Waals surface area contributed by atoms with Crippen molar-refractivity contribution in [2.24, 2.45) is 0 Å². The second-order valence-electron chi connectivity index (χ2n) is 4.36. The number of nitrogens with one attached hydrogen (secondary N) is 3. The molecule has 0 aliphatic rings. The number of nitrogens with zero attached hydrogens (tertiary/aromatic N) is 2. The molecule has 1 aromatic rings. The van der Waals surface area contributed by atoms with Crippen molar-refractivity contribution in [3.63, 3.8) is 0 Å². The largest absolute Gasteiger partial charge is 0.465 e. The fraction of sp³-hybridized carbons (Fsp3) is 0.400. The standard InChI is InChI=1S/C15H19N5O2S/c1-4-5-17-14(12(8-16)15(21)22-3)18-6-7-23-9-13-11(2)19-10-20-13/h1,10,17-18H,5-7,9H2,2-3H3,(H,19,20)/b14-12-. The molecule has 0 saturated heterocycles. The van der Waals surface area contributed by atoms with Gasteiger partial charge in [0.2, 0.25) is 0 Å². The lowest BCUT2D eigenvalue weighted by Gasteiger charge is -2.13. The lowest BCUT2D eigenvalue weighted by molar-refractivity contribution is -0.135. The van der Waals surface area contributed by atoms with Crippen molar-refractivity contribution in [3.05, 3.63) is 29.1 Å². The molecule has 0 radical (unpaired) electrons. The van der Waals surface area contributed by atoms with E-state index in [0.717, 1.165) is 22.9 Å². The Hall–Kier alpha value is -2.58. The van der Waals surface area contributed by atoms with E-state index >= 15 is 0 Å². The van der Waals surface area contributed by atoms with Gasteiger partial charge in [0, 0.05) is 23.7 Å². The van der Waals surface area contributed by atoms with E-state index in [9.17, 15) is 4.79 Å². The minimum atomic E-state index is -0.709. The number of aromatic nitrogens is 2. The maximum absolute atomic E-state index is 11.6. The number of methoxy groups -OCH3 is 1. The molecular formula is C15H19N5O2S. The van der Waals surface area contributed by atoms with Crippen LogP contribution in [-0.4, -0.2) is 41.9 Å². The van der Waals surface area contributed by atoms with Crippen molar-refractivity contribution in [3.8, 4) is 18.4 Å². The van der Waals surface area contributed by atoms with E-state index in [-0.39, 0.29) is 17.9 Å². The summed E-state index contributed by atoms with van der Waals surface area (Å²) < 4.78 is 4.59. The summed E-state index contributed by atoms with van der Waals surface area (Å²) in [7, 11) is 1.22. The highest BCUT2D eigenvalue weighted by atomic mass is 32.2. The molecule has 7 nitrogen and oxygen atoms in total. The summed E-state index contributed by atoms with van der Waals surface area (Å²) in [5.74, 6) is 3.53. The SMILES string of the molecule is C#CCN/C(NCCSCc1nc[nH]c1C)=C(\C#N)C(=O)OC. The van der Waals surface area contributed by atoms with Crippen LogP contribution < -0.4 is 10.6 Å². The van der Waals surface area contributed by atoms with Gasteiger partial charge in [0.25, 0.3) is 0 Å². The molecule has 0 atom stereocenters. The molecule has 3 N–H and O–H groups in total. The van der Waals surface area contributed by atoms with Crippen LogP contribution in [0.2, 0.25) is 0 Å². The first kappa shape index (κ1) is 18.5. The second kappa shape index (κ2) is 10.2. The summed E-state index contributed by atoms with van der Waals surface area (Å²) in [6.45, 7) is 2.73. The number of thioether (sulfide) groups is 1. The van der Waals surface area contributed by atoms with Crippen molar-refractivity contribution in [1.29, 1.82) is 5.26 Å². The lowest BCUT2D eigenvalue weighted by Crippen LogP contribution is -2.31. The van der Waals surface area contributed by atoms with E-state index in [1.807, 2.05) is 13.0 Å². The topological polar surface area (TPSA) is 103 Å². The zero-order chi connectivity index (χ0) is 17.1. The molecule has 1 rings (SSSR count). The van der Waals surface area contributed by atoms with Crippen LogP contribution in [0.3, 0.4) is 0 Å². The van der Waals surface area contributed by atoms with Gasteiger partial charge >= 0.3 is 5.97 Å². The molecule has 23 heavy (non-hydrogen) atoms. The Morgan fingerprint density at radius 1 is 1.57 bits per heavy atom. The van der Waals surface area contributed by atoms with Crippen molar-refractivity contribution >= 4 is 17.7 Å². The summed E-state index contributed by atoms with van der Waals surface area (Å²) in [6.07, 6.45) is 6.87. The van der Waals surface area contributed by atoms with Gasteiger partial charge in [-0.05, 0) is 6.92 Å². The van der Waals surface area contributed by atoms with E-state index in [2.05, 4.69) is 31.3 Å². The average Bonchev–Trinajstić information content (AvgIpc) is 2.97. The van der Waals surface area contributed by atoms with Crippen LogP contribution in [0.15, 0.2) is 17.7 Å². The molecule has 122 valence electrons. The van der Waals surface area contributed by atoms with Crippen LogP contribution in [-0.2, 0) is 15.3 Å². The van der Waals surface area contributed by atoms with Gasteiger partial charge in [0.05, 0.1) is 25.7 Å². The molecular weight excluding hydrogens is 314 g/mol. The normalized spacial score (nSPS) is 11.0. The van der Waals surface area contributed by atoms with Gasteiger partial charge in [-0.15, -0.1) is 6.42 Å². The van der Waals surface area contributed by atoms with E-state index in [1.54, 1.807) is 18.1 Å². The number of aromatic amines is 1. The first-order chi connectivity index (χ1) is 11.1. The Morgan fingerprint density at radius 2 is 2.35 bits per heavy atom. The Labute approximate surface area is 139 Å². The number of esters is 1. The van der Waals surface area contributed by atoms with Gasteiger partial charge < -0.3 is 20.4 Å². The Morgan fingerprint density at radius 3 is 2.91 bits per heavy atom. The van der Waals surface area contributed by atoms with Gasteiger partial charge in [0.15, 0.2) is 5.57 Å². The highest BCUT2D eigenvalue weighted by Crippen LogP contribution is 2.11. The first-order valence-electron chi connectivity index (χ1n) is 6.84. The number of hydrogen-bond acceptors (Lipinski definition) is 7. The minimum Gasteiger partial charge on any atom is -0.465 e. The number of aryl methyl sites for hydroxylation is 1. The molecule has 0 aromatic carbocycles. The predicted molar refractivity (Wildman–Crippen MR) is 89.0 cm³/mol. The maximum atomic E-state index is 11.6. The van der Waals surface area contributed by atoms with Crippen LogP contribution in [0.4, 0.5) is 0 Å². The number of terminal acetylenes is 1. The summed E-state index contributed by atoms with van der Waals surface area (Å²) >= 11 is 1.69. The number of carbonyl (C=O) groups excluding carboxylic acids is 1. The van der Waals surface area contributed by atoms with Crippen molar-refractivity contribution < 1.29 is 9.53 Å². The van der Waals surface area contributed by atoms with Crippen LogP contribution in [0.25, 0.3) is 0 Å². The van der Waals surface area contributed by atoms with Gasteiger partial charge in [-0.3, -0.25) is 0 Å². The van der Waals surface area contributed by atoms with E-state index in [1.165, 1.54) is 7.11 Å². The fourth-order valence-electron chi connectivity index (χ4n) is 1.63. The fourth-order valence-corrected chi connectivity index (χ4v) is 2.51. The second-order valence-corrected chi connectivity index (χ2v) is 5.47. The zero-order valence-electron chi connectivity index (χ0n) is 13.1. The minimum absolute atomic E-state index is 0.129. The zero-order valence-corrected chi connectivity index (χ0v) is 13.9. The maximum Gasteiger partial charge on any atom is 0.352 e. The highest BCUT2D eigenvalue weighted by Gasteiger charge is 2.15. The number of hydrogen-bond donors (Lipinski definition) is 3. The van der Waals surface area contributed by atoms with E-state index in [4.69, 9.17) is 11.7 Å². The van der Waals surface area contributed by atoms with Crippen LogP contribution in [0.1, 0.15) is 11.4 Å². The average molecular weight is 333 g/mol. The molecule has 0 aliphatic heterocycles. The number of H-pyrrole nitrogens is 1. The highest BCUT2D eigenvalue weighted by molar-refractivity contribution is 7.98. The van der Waals surface area contributed by atoms with Crippen LogP contribution in [0, 0.1) is 30.6 Å². The number of carbonyl (C=O) groups is 1. The van der Waals surface area contributed by atoms with E-state index < -0.39 is 5.97 Å². The van der Waals surface area contributed by atoms with Crippen molar-refractivity contribution in [1.82, 2.24) is 20.6 Å². The molecule has 0 aliphatic carbocycles. The molecule has 1 aromatic heterocycles. The van der Waals surface area contributed by atoms with Gasteiger partial charge in [-0.2, -0.15) is 17.0 Å². The first-order valence-corrected chi connectivity index (χ1v) is 8.00. The molecule has 0 fully saturated rings. The Kier molecular flexibility index (Phi) is 8.19. The van der Waals surface area contributed by atoms with Gasteiger partial charge in [-0.1, -0.05) is 5.92 Å². The lowest BCUT2D eigenvalue weighted by atomic mass is 10.3. The monoisotopic (exact) mass is 333 g/mol.